The predicted octanol–water partition coefficient (Wildman–Crippen LogP) is 1.24. The van der Waals surface area contributed by atoms with Gasteiger partial charge in [-0.1, -0.05) is 32.0 Å². The van der Waals surface area contributed by atoms with E-state index < -0.39 is 98.6 Å². The predicted molar refractivity (Wildman–Crippen MR) is 209 cm³/mol. The van der Waals surface area contributed by atoms with Gasteiger partial charge in [-0.2, -0.15) is 4.98 Å². The maximum absolute atomic E-state index is 12.9. The molecular weight excluding hydrogens is 842 g/mol. The molecule has 3 unspecified atom stereocenters. The van der Waals surface area contributed by atoms with Gasteiger partial charge in [-0.3, -0.25) is 33.8 Å². The lowest BCUT2D eigenvalue weighted by atomic mass is 10.1. The molecule has 2 saturated heterocycles. The molecule has 1 aliphatic carbocycles. The molecule has 10 atom stereocenters. The van der Waals surface area contributed by atoms with E-state index in [2.05, 4.69) is 40.5 Å². The van der Waals surface area contributed by atoms with Gasteiger partial charge in [-0.15, -0.1) is 0 Å². The molecule has 0 spiro atoms. The number of rotatable bonds is 6. The van der Waals surface area contributed by atoms with E-state index in [-0.39, 0.29) is 40.5 Å². The largest absolute Gasteiger partial charge is 0.388 e. The monoisotopic (exact) mass is 878 g/mol. The molecular formula is C32H36N10O12P2S2. The molecule has 3 fully saturated rings. The van der Waals surface area contributed by atoms with Crippen LogP contribution in [-0.2, 0) is 51.2 Å². The van der Waals surface area contributed by atoms with Crippen LogP contribution in [0.3, 0.4) is 0 Å². The zero-order valence-corrected chi connectivity index (χ0v) is 33.8. The first-order chi connectivity index (χ1) is 27.6. The molecule has 2 bridgehead atoms. The number of anilines is 2. The summed E-state index contributed by atoms with van der Waals surface area (Å²) in [6.45, 7) is -6.09. The zero-order valence-electron chi connectivity index (χ0n) is 30.3. The summed E-state index contributed by atoms with van der Waals surface area (Å²) >= 11 is 10.8. The van der Waals surface area contributed by atoms with E-state index in [0.29, 0.717) is 5.56 Å². The normalized spacial score (nSPS) is 31.7. The van der Waals surface area contributed by atoms with Crippen molar-refractivity contribution in [2.24, 2.45) is 11.8 Å². The molecule has 2 amide bonds. The van der Waals surface area contributed by atoms with Crippen LogP contribution < -0.4 is 16.2 Å². The zero-order chi connectivity index (χ0) is 41.1. The molecule has 5 aromatic rings. The summed E-state index contributed by atoms with van der Waals surface area (Å²) in [5.74, 6) is -2.13. The molecule has 7 N–H and O–H groups in total. The Morgan fingerprint density at radius 1 is 0.897 bits per heavy atom. The number of amides is 2. The van der Waals surface area contributed by atoms with Crippen molar-refractivity contribution in [2.45, 2.75) is 63.1 Å². The second-order valence-corrected chi connectivity index (χ2v) is 19.6. The van der Waals surface area contributed by atoms with E-state index in [1.807, 2.05) is 0 Å². The number of hydrogen-bond acceptors (Lipinski definition) is 17. The number of nitrogens with one attached hydrogen (secondary N) is 3. The number of carbonyl (C=O) groups is 2. The van der Waals surface area contributed by atoms with Crippen LogP contribution in [0.1, 0.15) is 42.9 Å². The topological polar surface area (TPSA) is 292 Å². The number of aliphatic hydroxyl groups excluding tert-OH is 2. The van der Waals surface area contributed by atoms with Gasteiger partial charge in [0.05, 0.1) is 31.9 Å². The minimum absolute atomic E-state index is 0.0358. The van der Waals surface area contributed by atoms with Crippen molar-refractivity contribution in [3.05, 3.63) is 65.2 Å². The molecule has 8 rings (SSSR count). The van der Waals surface area contributed by atoms with Gasteiger partial charge >= 0.3 is 13.4 Å². The van der Waals surface area contributed by atoms with Crippen molar-refractivity contribution >= 4 is 83.0 Å². The molecule has 0 radical (unpaired) electrons. The van der Waals surface area contributed by atoms with Crippen LogP contribution in [0.15, 0.2) is 54.1 Å². The van der Waals surface area contributed by atoms with Gasteiger partial charge in [-0.05, 0) is 42.2 Å². The number of ether oxygens (including phenoxy) is 1. The summed E-state index contributed by atoms with van der Waals surface area (Å²) in [5, 5.41) is 28.4. The lowest BCUT2D eigenvalue weighted by Crippen LogP contribution is -2.35. The molecule has 2 aliphatic heterocycles. The number of nitrogens with zero attached hydrogens (tertiary/aromatic N) is 7. The maximum Gasteiger partial charge on any atom is 0.325 e. The Hall–Kier alpha value is -4.00. The van der Waals surface area contributed by atoms with Crippen molar-refractivity contribution in [2.75, 3.05) is 23.8 Å². The molecule has 6 heterocycles. The molecule has 3 aliphatic rings. The third kappa shape index (κ3) is 8.00. The third-order valence-electron chi connectivity index (χ3n) is 9.87. The summed E-state index contributed by atoms with van der Waals surface area (Å²) in [5.41, 5.74) is 0.0215. The summed E-state index contributed by atoms with van der Waals surface area (Å²) in [4.78, 5) is 84.7. The molecule has 22 nitrogen and oxygen atoms in total. The van der Waals surface area contributed by atoms with Crippen molar-refractivity contribution in [1.82, 2.24) is 39.0 Å². The second-order valence-electron chi connectivity index (χ2n) is 14.0. The Morgan fingerprint density at radius 3 is 2.33 bits per heavy atom. The van der Waals surface area contributed by atoms with Crippen LogP contribution in [0.2, 0.25) is 0 Å². The van der Waals surface area contributed by atoms with E-state index in [1.54, 1.807) is 44.2 Å². The second kappa shape index (κ2) is 15.9. The highest BCUT2D eigenvalue weighted by Crippen LogP contribution is 2.55. The average molecular weight is 879 g/mol. The van der Waals surface area contributed by atoms with Crippen LogP contribution in [0.25, 0.3) is 22.3 Å². The SMILES string of the molecule is CC(C)C(=O)Nc1nc2c(ncn2[C@@H]2C[C@@H]3COP(O)(=S)OC4[C@H](n5cnc6c(NC(=O)c7ccccc7)ncnc65)O[C@H](COP(O)(=S)O[C@H]3[C@H]2O)[C@H]4O)c(=O)[nH]1. The fourth-order valence-electron chi connectivity index (χ4n) is 6.98. The lowest BCUT2D eigenvalue weighted by molar-refractivity contribution is -0.118. The number of benzene rings is 1. The van der Waals surface area contributed by atoms with Crippen LogP contribution in [-0.4, -0.2) is 115 Å². The van der Waals surface area contributed by atoms with Gasteiger partial charge in [-0.25, -0.2) is 19.9 Å². The minimum Gasteiger partial charge on any atom is -0.388 e. The van der Waals surface area contributed by atoms with Crippen molar-refractivity contribution in [3.8, 4) is 0 Å². The summed E-state index contributed by atoms with van der Waals surface area (Å²) in [7, 11) is 0. The number of fused-ring (bicyclic) bond motifs is 5. The first kappa shape index (κ1) is 40.8. The lowest BCUT2D eigenvalue weighted by Gasteiger charge is -2.29. The molecule has 308 valence electrons. The smallest absolute Gasteiger partial charge is 0.325 e. The number of aromatic amines is 1. The highest BCUT2D eigenvalue weighted by Gasteiger charge is 2.52. The van der Waals surface area contributed by atoms with E-state index in [1.165, 1.54) is 28.1 Å². The molecule has 4 aromatic heterocycles. The standard InChI is InChI=1S/C32H36N10O12P2S2/c1-14(2)28(45)39-32-38-27-20(30(47)40-32)36-12-41(27)17-8-16-9-50-55(48,57)54-24-22(44)18(10-51-56(49,58)53-23(16)21(17)43)52-31(24)42-13-35-19-25(33-11-34-26(19)42)37-29(46)15-6-4-3-5-7-15/h3-7,11-14,16-18,21-24,31,43-44H,8-10H2,1-2H3,(H,48,57)(H,49,58)(H,33,34,37,46)(H2,38,39,40,45,47)/t16-,17-,18-,21+,22-,23-,24?,31-,55?,56?/m1/s1. The Balaban J connectivity index is 1.06. The molecule has 1 aromatic carbocycles. The summed E-state index contributed by atoms with van der Waals surface area (Å²) in [6, 6.07) is 7.55. The number of H-pyrrole nitrogens is 1. The van der Waals surface area contributed by atoms with Gasteiger partial charge in [0.1, 0.15) is 36.8 Å². The third-order valence-corrected chi connectivity index (χ3v) is 13.0. The van der Waals surface area contributed by atoms with Gasteiger partial charge in [0.2, 0.25) is 11.9 Å². The number of carbonyl (C=O) groups excluding carboxylic acids is 2. The van der Waals surface area contributed by atoms with Crippen LogP contribution in [0.5, 0.6) is 0 Å². The summed E-state index contributed by atoms with van der Waals surface area (Å²) in [6.07, 6.45) is -4.40. The summed E-state index contributed by atoms with van der Waals surface area (Å²) < 4.78 is 32.3. The molecule has 1 saturated carbocycles. The van der Waals surface area contributed by atoms with E-state index in [4.69, 9.17) is 46.4 Å². The highest BCUT2D eigenvalue weighted by atomic mass is 32.5. The first-order valence-electron chi connectivity index (χ1n) is 17.7. The van der Waals surface area contributed by atoms with Crippen LogP contribution in [0, 0.1) is 11.8 Å². The Bertz CT molecular complexity index is 2540. The number of hydrogen-bond donors (Lipinski definition) is 7. The highest BCUT2D eigenvalue weighted by molar-refractivity contribution is 8.07. The fourth-order valence-corrected chi connectivity index (χ4v) is 9.92. The fraction of sp³-hybridized carbons (Fsp3) is 0.438. The Morgan fingerprint density at radius 2 is 1.59 bits per heavy atom. The van der Waals surface area contributed by atoms with E-state index in [9.17, 15) is 34.4 Å². The van der Waals surface area contributed by atoms with Gasteiger partial charge < -0.3 is 48.2 Å². The minimum atomic E-state index is -4.26. The average Bonchev–Trinajstić information content (AvgIpc) is 3.95. The van der Waals surface area contributed by atoms with E-state index >= 15 is 0 Å². The molecule has 26 heteroatoms. The van der Waals surface area contributed by atoms with Crippen molar-refractivity contribution in [3.63, 3.8) is 0 Å². The first-order valence-corrected chi connectivity index (χ1v) is 22.9. The quantitative estimate of drug-likeness (QED) is 0.118. The molecule has 58 heavy (non-hydrogen) atoms. The Labute approximate surface area is 337 Å². The number of imidazole rings is 2. The van der Waals surface area contributed by atoms with Crippen LogP contribution >= 0.6 is 13.4 Å². The van der Waals surface area contributed by atoms with E-state index in [0.717, 1.165) is 0 Å². The Kier molecular flexibility index (Phi) is 11.2. The van der Waals surface area contributed by atoms with Gasteiger partial charge in [0, 0.05) is 17.4 Å². The van der Waals surface area contributed by atoms with Gasteiger partial charge in [0.15, 0.2) is 34.4 Å². The maximum atomic E-state index is 12.9. The van der Waals surface area contributed by atoms with Crippen molar-refractivity contribution in [1.29, 1.82) is 0 Å². The van der Waals surface area contributed by atoms with Crippen molar-refractivity contribution < 1.29 is 52.4 Å². The number of aliphatic hydroxyl groups is 2. The van der Waals surface area contributed by atoms with Crippen LogP contribution in [0.4, 0.5) is 11.8 Å². The van der Waals surface area contributed by atoms with Gasteiger partial charge in [0.25, 0.3) is 11.5 Å². The number of aromatic nitrogens is 8.